The van der Waals surface area contributed by atoms with Crippen LogP contribution in [0.4, 0.5) is 10.5 Å². The third-order valence-electron chi connectivity index (χ3n) is 10.8. The molecule has 3 aromatic rings. The molecule has 4 atom stereocenters. The first-order valence-electron chi connectivity index (χ1n) is 20.1. The number of hydrogen-bond donors (Lipinski definition) is 5. The van der Waals surface area contributed by atoms with E-state index >= 15 is 0 Å². The molecule has 2 heterocycles. The monoisotopic (exact) mass is 811 g/mol. The van der Waals surface area contributed by atoms with Gasteiger partial charge in [0.2, 0.25) is 17.6 Å². The molecule has 6 N–H and O–H groups in total. The normalized spacial score (nSPS) is 17.9. The van der Waals surface area contributed by atoms with Gasteiger partial charge < -0.3 is 36.4 Å². The Balaban J connectivity index is 1.33. The number of aromatic nitrogens is 3. The lowest BCUT2D eigenvalue weighted by molar-refractivity contribution is -0.142. The van der Waals surface area contributed by atoms with Gasteiger partial charge in [-0.3, -0.25) is 24.0 Å². The van der Waals surface area contributed by atoms with Gasteiger partial charge in [0.1, 0.15) is 24.3 Å². The number of nitrogens with two attached hydrogens (primary N) is 1. The zero-order chi connectivity index (χ0) is 42.5. The van der Waals surface area contributed by atoms with Crippen molar-refractivity contribution < 1.29 is 38.6 Å². The summed E-state index contributed by atoms with van der Waals surface area (Å²) in [5, 5.41) is 27.3. The Bertz CT molecular complexity index is 1980. The van der Waals surface area contributed by atoms with Crippen LogP contribution >= 0.6 is 0 Å². The molecule has 0 bridgehead atoms. The number of carbonyl (C=O) groups is 6. The van der Waals surface area contributed by atoms with E-state index in [1.54, 1.807) is 13.8 Å². The molecular formula is C42H53N9O8. The fraction of sp³-hybridized carbons (Fsp3) is 0.500. The Hall–Kier alpha value is -6.15. The number of ether oxygens (including phenoxy) is 1. The number of ketones is 1. The number of rotatable bonds is 18. The number of likely N-dealkylation sites (tertiary alicyclic amines) is 1. The smallest absolute Gasteiger partial charge is 0.407 e. The first kappa shape index (κ1) is 44.0. The van der Waals surface area contributed by atoms with E-state index in [4.69, 9.17) is 17.0 Å². The molecule has 314 valence electrons. The zero-order valence-electron chi connectivity index (χ0n) is 33.5. The fourth-order valence-corrected chi connectivity index (χ4v) is 7.69. The highest BCUT2D eigenvalue weighted by Crippen LogP contribution is 2.33. The maximum absolute atomic E-state index is 14.8. The van der Waals surface area contributed by atoms with Crippen LogP contribution in [0.25, 0.3) is 4.85 Å². The molecular weight excluding hydrogens is 759 g/mol. The SMILES string of the molecule is [C-]#[N+]c1ccc(C(=O)N[C@H](CC2CCCCC2)C(=O)N2C[C@@H](n3nncc3C(C)(C)O)C[C@H]2C(=O)NC(CCCCNC(=O)OCc2ccccc2)C(=O)C(N)=O)cc1. The summed E-state index contributed by atoms with van der Waals surface area (Å²) in [5.41, 5.74) is 5.83. The summed E-state index contributed by atoms with van der Waals surface area (Å²) in [6, 6.07) is 11.1. The Labute approximate surface area is 343 Å². The third-order valence-corrected chi connectivity index (χ3v) is 10.8. The lowest BCUT2D eigenvalue weighted by atomic mass is 9.84. The van der Waals surface area contributed by atoms with Gasteiger partial charge in [0.25, 0.3) is 11.8 Å². The Morgan fingerprint density at radius 1 is 0.983 bits per heavy atom. The second-order valence-corrected chi connectivity index (χ2v) is 15.7. The molecule has 5 amide bonds. The van der Waals surface area contributed by atoms with Crippen molar-refractivity contribution >= 4 is 41.2 Å². The average Bonchev–Trinajstić information content (AvgIpc) is 3.91. The van der Waals surface area contributed by atoms with E-state index in [0.717, 1.165) is 37.7 Å². The summed E-state index contributed by atoms with van der Waals surface area (Å²) in [5.74, 6) is -3.87. The molecule has 1 unspecified atom stereocenters. The predicted octanol–water partition coefficient (Wildman–Crippen LogP) is 3.60. The van der Waals surface area contributed by atoms with Crippen molar-refractivity contribution in [1.29, 1.82) is 0 Å². The van der Waals surface area contributed by atoms with Crippen LogP contribution in [0.1, 0.15) is 106 Å². The molecule has 1 saturated heterocycles. The van der Waals surface area contributed by atoms with E-state index in [2.05, 4.69) is 31.1 Å². The molecule has 2 fully saturated rings. The van der Waals surface area contributed by atoms with Gasteiger partial charge in [0.15, 0.2) is 5.69 Å². The summed E-state index contributed by atoms with van der Waals surface area (Å²) in [4.78, 5) is 84.8. The number of alkyl carbamates (subject to hydrolysis) is 1. The number of Topliss-reactive ketones (excluding diaryl/α,β-unsaturated/α-hetero) is 1. The summed E-state index contributed by atoms with van der Waals surface area (Å²) >= 11 is 0. The number of nitrogens with zero attached hydrogens (tertiary/aromatic N) is 5. The van der Waals surface area contributed by atoms with E-state index in [1.165, 1.54) is 40.0 Å². The maximum Gasteiger partial charge on any atom is 0.407 e. The number of amides is 5. The Kier molecular flexibility index (Phi) is 15.3. The van der Waals surface area contributed by atoms with E-state index in [-0.39, 0.29) is 44.0 Å². The van der Waals surface area contributed by atoms with Crippen molar-refractivity contribution in [2.45, 2.75) is 114 Å². The summed E-state index contributed by atoms with van der Waals surface area (Å²) < 4.78 is 6.70. The molecule has 17 heteroatoms. The second-order valence-electron chi connectivity index (χ2n) is 15.7. The van der Waals surface area contributed by atoms with Crippen LogP contribution in [-0.2, 0) is 36.1 Å². The molecule has 1 saturated carbocycles. The molecule has 1 aromatic heterocycles. The molecule has 2 aromatic carbocycles. The van der Waals surface area contributed by atoms with Crippen molar-refractivity contribution in [2.75, 3.05) is 13.1 Å². The minimum atomic E-state index is -1.37. The first-order valence-corrected chi connectivity index (χ1v) is 20.1. The van der Waals surface area contributed by atoms with E-state index in [9.17, 15) is 33.9 Å². The van der Waals surface area contributed by atoms with Gasteiger partial charge >= 0.3 is 6.09 Å². The Morgan fingerprint density at radius 2 is 1.69 bits per heavy atom. The lowest BCUT2D eigenvalue weighted by Crippen LogP contribution is -2.56. The lowest BCUT2D eigenvalue weighted by Gasteiger charge is -2.32. The standard InChI is InChI=1S/C42H53N9O8/c1-42(2,58)35-24-46-49-51(35)31-23-34(39(55)47-32(36(52)37(43)53)16-10-11-21-45-41(57)59-26-28-14-8-5-9-15-28)50(25-31)40(56)33(22-27-12-6-4-7-13-27)48-38(54)29-17-19-30(44-3)20-18-29/h5,8-9,14-15,17-20,24,27,31-34,58H,4,6-7,10-13,16,21-23,25-26H2,1-2H3,(H2,43,53)(H,45,57)(H,47,55)(H,48,54)/t31-,32?,33+,34-/m0/s1. The van der Waals surface area contributed by atoms with Gasteiger partial charge in [-0.2, -0.15) is 0 Å². The maximum atomic E-state index is 14.8. The Morgan fingerprint density at radius 3 is 2.36 bits per heavy atom. The van der Waals surface area contributed by atoms with E-state index in [1.807, 2.05) is 30.3 Å². The summed E-state index contributed by atoms with van der Waals surface area (Å²) in [6.07, 6.45) is 6.63. The van der Waals surface area contributed by atoms with Crippen LogP contribution in [0.15, 0.2) is 60.8 Å². The number of carbonyl (C=O) groups excluding carboxylic acids is 6. The molecule has 17 nitrogen and oxygen atoms in total. The predicted molar refractivity (Wildman–Crippen MR) is 214 cm³/mol. The zero-order valence-corrected chi connectivity index (χ0v) is 33.5. The molecule has 59 heavy (non-hydrogen) atoms. The highest BCUT2D eigenvalue weighted by Gasteiger charge is 2.45. The number of hydrogen-bond acceptors (Lipinski definition) is 10. The van der Waals surface area contributed by atoms with Crippen molar-refractivity contribution in [1.82, 2.24) is 35.8 Å². The highest BCUT2D eigenvalue weighted by atomic mass is 16.5. The number of benzene rings is 2. The third kappa shape index (κ3) is 12.2. The van der Waals surface area contributed by atoms with Crippen LogP contribution < -0.4 is 21.7 Å². The van der Waals surface area contributed by atoms with Crippen molar-refractivity contribution in [3.63, 3.8) is 0 Å². The van der Waals surface area contributed by atoms with Crippen LogP contribution in [0.3, 0.4) is 0 Å². The van der Waals surface area contributed by atoms with Crippen molar-refractivity contribution in [3.05, 3.63) is 89.0 Å². The van der Waals surface area contributed by atoms with Crippen molar-refractivity contribution in [3.8, 4) is 0 Å². The largest absolute Gasteiger partial charge is 0.445 e. The molecule has 1 aliphatic heterocycles. The molecule has 2 aliphatic rings. The van der Waals surface area contributed by atoms with Crippen LogP contribution in [0.2, 0.25) is 0 Å². The minimum absolute atomic E-state index is 0.0108. The molecule has 1 aliphatic carbocycles. The quantitative estimate of drug-likeness (QED) is 0.0712. The van der Waals surface area contributed by atoms with Gasteiger partial charge in [0, 0.05) is 25.1 Å². The first-order chi connectivity index (χ1) is 28.2. The van der Waals surface area contributed by atoms with Crippen LogP contribution in [-0.4, -0.2) is 91.7 Å². The van der Waals surface area contributed by atoms with Gasteiger partial charge in [-0.1, -0.05) is 91.9 Å². The summed E-state index contributed by atoms with van der Waals surface area (Å²) in [6.45, 7) is 10.6. The number of nitrogens with one attached hydrogen (secondary N) is 3. The van der Waals surface area contributed by atoms with Crippen LogP contribution in [0, 0.1) is 12.5 Å². The van der Waals surface area contributed by atoms with Gasteiger partial charge in [-0.25, -0.2) is 14.3 Å². The molecule has 0 spiro atoms. The minimum Gasteiger partial charge on any atom is -0.445 e. The molecule has 5 rings (SSSR count). The van der Waals surface area contributed by atoms with E-state index < -0.39 is 65.3 Å². The highest BCUT2D eigenvalue weighted by molar-refractivity contribution is 6.37. The number of primary amides is 1. The topological polar surface area (TPSA) is 232 Å². The average molecular weight is 812 g/mol. The number of unbranched alkanes of at least 4 members (excludes halogenated alkanes) is 1. The van der Waals surface area contributed by atoms with Gasteiger partial charge in [0.05, 0.1) is 30.5 Å². The van der Waals surface area contributed by atoms with Gasteiger partial charge in [-0.15, -0.1) is 5.10 Å². The second kappa shape index (κ2) is 20.5. The van der Waals surface area contributed by atoms with E-state index in [0.29, 0.717) is 30.6 Å². The summed E-state index contributed by atoms with van der Waals surface area (Å²) in [7, 11) is 0. The van der Waals surface area contributed by atoms with Crippen LogP contribution in [0.5, 0.6) is 0 Å². The van der Waals surface area contributed by atoms with Crippen molar-refractivity contribution in [2.24, 2.45) is 11.7 Å². The van der Waals surface area contributed by atoms with Gasteiger partial charge in [-0.05, 0) is 51.0 Å². The number of aliphatic hydroxyl groups is 1. The molecule has 0 radical (unpaired) electrons. The fourth-order valence-electron chi connectivity index (χ4n) is 7.69.